The summed E-state index contributed by atoms with van der Waals surface area (Å²) >= 11 is 0. The van der Waals surface area contributed by atoms with Gasteiger partial charge in [-0.2, -0.15) is 23.2 Å². The zero-order valence-electron chi connectivity index (χ0n) is 25.7. The first-order valence-corrected chi connectivity index (χ1v) is 16.7. The normalized spacial score (nSPS) is 22.4. The van der Waals surface area contributed by atoms with Crippen LogP contribution in [0.1, 0.15) is 95.2 Å². The van der Waals surface area contributed by atoms with E-state index in [-0.39, 0.29) is 23.7 Å². The summed E-state index contributed by atoms with van der Waals surface area (Å²) in [7, 11) is -4.48. The molecule has 0 saturated heterocycles. The van der Waals surface area contributed by atoms with Crippen molar-refractivity contribution in [2.45, 2.75) is 104 Å². The van der Waals surface area contributed by atoms with Crippen molar-refractivity contribution in [2.24, 2.45) is 17.8 Å². The Balaban J connectivity index is 1.84. The van der Waals surface area contributed by atoms with Gasteiger partial charge in [0.15, 0.2) is 0 Å². The lowest BCUT2D eigenvalue weighted by molar-refractivity contribution is -0.160. The number of hydrogen-bond acceptors (Lipinski definition) is 3. The molecule has 0 amide bonds. The van der Waals surface area contributed by atoms with Gasteiger partial charge in [-0.25, -0.2) is 12.8 Å². The van der Waals surface area contributed by atoms with E-state index in [4.69, 9.17) is 0 Å². The quantitative estimate of drug-likeness (QED) is 0.222. The predicted octanol–water partition coefficient (Wildman–Crippen LogP) is 9.14. The van der Waals surface area contributed by atoms with Crippen LogP contribution in [0.5, 0.6) is 0 Å². The Kier molecular flexibility index (Phi) is 9.83. The molecule has 1 aromatic rings. The molecule has 234 valence electrons. The lowest BCUT2D eigenvalue weighted by Gasteiger charge is -2.31. The van der Waals surface area contributed by atoms with E-state index in [0.29, 0.717) is 34.6 Å². The number of benzene rings is 1. The third-order valence-corrected chi connectivity index (χ3v) is 11.2. The molecule has 0 heterocycles. The Morgan fingerprint density at radius 1 is 1.09 bits per heavy atom. The highest BCUT2D eigenvalue weighted by molar-refractivity contribution is 7.93. The van der Waals surface area contributed by atoms with Gasteiger partial charge in [-0.3, -0.25) is 0 Å². The molecule has 2 fully saturated rings. The van der Waals surface area contributed by atoms with E-state index in [1.54, 1.807) is 26.0 Å². The van der Waals surface area contributed by atoms with Crippen molar-refractivity contribution in [2.75, 3.05) is 0 Å². The minimum atomic E-state index is -4.69. The summed E-state index contributed by atoms with van der Waals surface area (Å²) in [5, 5.41) is 10.6. The van der Waals surface area contributed by atoms with Crippen molar-refractivity contribution >= 4 is 15.6 Å². The molecule has 2 saturated carbocycles. The van der Waals surface area contributed by atoms with Crippen molar-refractivity contribution < 1.29 is 26.0 Å². The zero-order valence-corrected chi connectivity index (χ0v) is 26.5. The van der Waals surface area contributed by atoms with Crippen LogP contribution < -0.4 is 4.72 Å². The second-order valence-electron chi connectivity index (χ2n) is 12.6. The van der Waals surface area contributed by atoms with Gasteiger partial charge in [0.05, 0.1) is 10.5 Å². The molecule has 1 aromatic carbocycles. The van der Waals surface area contributed by atoms with Gasteiger partial charge in [0.25, 0.3) is 0 Å². The Morgan fingerprint density at radius 3 is 2.30 bits per heavy atom. The van der Waals surface area contributed by atoms with Crippen LogP contribution in [0.3, 0.4) is 0 Å². The van der Waals surface area contributed by atoms with Gasteiger partial charge in [0.2, 0.25) is 10.0 Å². The van der Waals surface area contributed by atoms with Gasteiger partial charge in [-0.1, -0.05) is 76.2 Å². The highest BCUT2D eigenvalue weighted by atomic mass is 32.2. The molecule has 43 heavy (non-hydrogen) atoms. The van der Waals surface area contributed by atoms with Crippen LogP contribution in [0.2, 0.25) is 0 Å². The molecule has 1 N–H and O–H groups in total. The van der Waals surface area contributed by atoms with E-state index < -0.39 is 33.5 Å². The van der Waals surface area contributed by atoms with Gasteiger partial charge in [0, 0.05) is 0 Å². The topological polar surface area (TPSA) is 70.0 Å². The van der Waals surface area contributed by atoms with Gasteiger partial charge in [0.1, 0.15) is 17.4 Å². The fourth-order valence-corrected chi connectivity index (χ4v) is 8.20. The first-order chi connectivity index (χ1) is 20.1. The van der Waals surface area contributed by atoms with Crippen molar-refractivity contribution in [1.29, 1.82) is 5.26 Å². The number of sulfonamides is 1. The maximum absolute atomic E-state index is 14.9. The maximum atomic E-state index is 14.9. The number of alkyl halides is 3. The molecule has 4 rings (SSSR count). The number of nitrogens with zero attached hydrogens (tertiary/aromatic N) is 1. The molecular weight excluding hydrogens is 576 g/mol. The molecule has 3 aliphatic rings. The number of nitrogens with one attached hydrogen (secondary N) is 1. The third kappa shape index (κ3) is 7.01. The van der Waals surface area contributed by atoms with Crippen LogP contribution in [0, 0.1) is 48.7 Å². The second kappa shape index (κ2) is 12.7. The highest BCUT2D eigenvalue weighted by Crippen LogP contribution is 2.50. The Labute approximate surface area is 253 Å². The predicted molar refractivity (Wildman–Crippen MR) is 163 cm³/mol. The van der Waals surface area contributed by atoms with Gasteiger partial charge in [-0.15, -0.1) is 0 Å². The summed E-state index contributed by atoms with van der Waals surface area (Å²) in [6.45, 7) is 9.31. The van der Waals surface area contributed by atoms with Crippen molar-refractivity contribution in [1.82, 2.24) is 4.72 Å². The van der Waals surface area contributed by atoms with Crippen LogP contribution in [-0.2, 0) is 10.0 Å². The first-order valence-electron chi connectivity index (χ1n) is 15.3. The van der Waals surface area contributed by atoms with Crippen LogP contribution in [0.25, 0.3) is 5.57 Å². The number of halogens is 4. The van der Waals surface area contributed by atoms with Crippen LogP contribution >= 0.6 is 0 Å². The summed E-state index contributed by atoms with van der Waals surface area (Å²) in [5.41, 5.74) is 1.84. The average molecular weight is 619 g/mol. The average Bonchev–Trinajstić information content (AvgIpc) is 3.75. The van der Waals surface area contributed by atoms with E-state index in [9.17, 15) is 31.2 Å². The Hall–Kier alpha value is -2.70. The van der Waals surface area contributed by atoms with E-state index in [1.807, 2.05) is 18.6 Å². The molecular formula is C34H42F4N2O2S. The number of aryl methyl sites for hydroxylation is 2. The largest absolute Gasteiger partial charge is 0.407 e. The summed E-state index contributed by atoms with van der Waals surface area (Å²) in [4.78, 5) is -0.236. The van der Waals surface area contributed by atoms with E-state index in [2.05, 4.69) is 13.0 Å². The van der Waals surface area contributed by atoms with Crippen molar-refractivity contribution in [3.8, 4) is 6.07 Å². The SMILES string of the molecule is CCC(CC(C1=C(C)C(C)C=C(S(=O)(=O)NC2(C(F)(F)F)CC2)C=C1)=C(C#N)c1cc(F)c(C)cc1C)C1CCCCC1. The summed E-state index contributed by atoms with van der Waals surface area (Å²) < 4.78 is 84.2. The number of nitriles is 1. The standard InChI is InChI=1S/C34H42F4N2O2S/c1-6-25(26-10-8-7-9-11-26)18-30(31(20-39)29-19-32(35)23(4)16-22(29)3)28-13-12-27(17-21(2)24(28)5)43(41,42)40-33(14-15-33)34(36,37)38/h12-13,16-17,19,21,25-26,40H,6-11,14-15,18H2,1-5H3. The van der Waals surface area contributed by atoms with Gasteiger partial charge >= 0.3 is 6.18 Å². The van der Waals surface area contributed by atoms with Crippen molar-refractivity contribution in [3.05, 3.63) is 74.5 Å². The fourth-order valence-electron chi connectivity index (χ4n) is 6.62. The lowest BCUT2D eigenvalue weighted by atomic mass is 9.73. The maximum Gasteiger partial charge on any atom is 0.407 e. The molecule has 2 atom stereocenters. The molecule has 0 radical (unpaired) electrons. The van der Waals surface area contributed by atoms with E-state index in [0.717, 1.165) is 48.8 Å². The molecule has 0 aromatic heterocycles. The monoisotopic (exact) mass is 618 g/mol. The van der Waals surface area contributed by atoms with Crippen LogP contribution in [-0.4, -0.2) is 20.1 Å². The van der Waals surface area contributed by atoms with Crippen LogP contribution in [0.4, 0.5) is 17.6 Å². The van der Waals surface area contributed by atoms with Gasteiger partial charge in [-0.05, 0) is 97.8 Å². The molecule has 0 bridgehead atoms. The highest BCUT2D eigenvalue weighted by Gasteiger charge is 2.65. The van der Waals surface area contributed by atoms with Gasteiger partial charge < -0.3 is 0 Å². The fraction of sp³-hybridized carbons (Fsp3) is 0.559. The third-order valence-electron chi connectivity index (χ3n) is 9.69. The lowest BCUT2D eigenvalue weighted by Crippen LogP contribution is -2.47. The Bertz CT molecular complexity index is 1520. The smallest absolute Gasteiger partial charge is 0.207 e. The molecule has 2 unspecified atom stereocenters. The second-order valence-corrected chi connectivity index (χ2v) is 14.3. The summed E-state index contributed by atoms with van der Waals surface area (Å²) in [6.07, 6.45) is 6.32. The Morgan fingerprint density at radius 2 is 1.74 bits per heavy atom. The number of hydrogen-bond donors (Lipinski definition) is 1. The molecule has 4 nitrogen and oxygen atoms in total. The van der Waals surface area contributed by atoms with Crippen molar-refractivity contribution in [3.63, 3.8) is 0 Å². The molecule has 0 aliphatic heterocycles. The van der Waals surface area contributed by atoms with E-state index >= 15 is 0 Å². The molecule has 9 heteroatoms. The molecule has 0 spiro atoms. The van der Waals surface area contributed by atoms with E-state index in [1.165, 1.54) is 24.6 Å². The zero-order chi connectivity index (χ0) is 31.7. The first kappa shape index (κ1) is 33.2. The summed E-state index contributed by atoms with van der Waals surface area (Å²) in [5.74, 6) is -0.116. The number of rotatable bonds is 9. The summed E-state index contributed by atoms with van der Waals surface area (Å²) in [6, 6.07) is 5.48. The number of allylic oxidation sites excluding steroid dienone is 7. The minimum Gasteiger partial charge on any atom is -0.207 e. The molecule has 3 aliphatic carbocycles. The minimum absolute atomic E-state index is 0.236. The van der Waals surface area contributed by atoms with Crippen LogP contribution in [0.15, 0.2) is 52.0 Å².